The molecule has 1 atom stereocenters. The number of morpholine rings is 1. The fraction of sp³-hybridized carbons (Fsp3) is 0.286. The highest BCUT2D eigenvalue weighted by atomic mass is 32.2. The van der Waals surface area contributed by atoms with Gasteiger partial charge in [0, 0.05) is 29.4 Å². The molecule has 0 spiro atoms. The van der Waals surface area contributed by atoms with Gasteiger partial charge in [0.15, 0.2) is 0 Å². The lowest BCUT2D eigenvalue weighted by molar-refractivity contribution is -0.135. The van der Waals surface area contributed by atoms with E-state index >= 15 is 0 Å². The molecule has 1 amide bonds. The lowest BCUT2D eigenvalue weighted by Gasteiger charge is -2.31. The standard InChI is InChI=1S/C21H20FN3O2S/c1-14-12-25(10-11-27-14)19(26)13-28-21-18-5-3-2-4-17(18)20(23-24-21)15-6-8-16(22)9-7-15/h2-9,14H,10-13H2,1H3. The minimum atomic E-state index is -0.288. The molecule has 0 radical (unpaired) electrons. The largest absolute Gasteiger partial charge is 0.375 e. The molecule has 1 unspecified atom stereocenters. The zero-order chi connectivity index (χ0) is 19.5. The van der Waals surface area contributed by atoms with Crippen molar-refractivity contribution in [1.29, 1.82) is 0 Å². The number of amides is 1. The van der Waals surface area contributed by atoms with Crippen LogP contribution >= 0.6 is 11.8 Å². The van der Waals surface area contributed by atoms with Gasteiger partial charge in [0.1, 0.15) is 16.5 Å². The molecule has 1 fully saturated rings. The van der Waals surface area contributed by atoms with Gasteiger partial charge in [-0.15, -0.1) is 10.2 Å². The van der Waals surface area contributed by atoms with Gasteiger partial charge in [-0.25, -0.2) is 4.39 Å². The average Bonchev–Trinajstić information content (AvgIpc) is 2.72. The summed E-state index contributed by atoms with van der Waals surface area (Å²) in [5.41, 5.74) is 1.51. The third-order valence-electron chi connectivity index (χ3n) is 4.70. The molecule has 0 aliphatic carbocycles. The summed E-state index contributed by atoms with van der Waals surface area (Å²) >= 11 is 1.39. The Labute approximate surface area is 166 Å². The summed E-state index contributed by atoms with van der Waals surface area (Å²) in [6.07, 6.45) is 0.0679. The fourth-order valence-electron chi connectivity index (χ4n) is 3.27. The maximum absolute atomic E-state index is 13.3. The molecule has 7 heteroatoms. The van der Waals surface area contributed by atoms with Crippen molar-refractivity contribution in [2.45, 2.75) is 18.1 Å². The molecule has 1 aromatic heterocycles. The third kappa shape index (κ3) is 4.00. The SMILES string of the molecule is CC1CN(C(=O)CSc2nnc(-c3ccc(F)cc3)c3ccccc23)CCO1. The van der Waals surface area contributed by atoms with Gasteiger partial charge in [-0.3, -0.25) is 4.79 Å². The van der Waals surface area contributed by atoms with Crippen LogP contribution in [-0.2, 0) is 9.53 Å². The van der Waals surface area contributed by atoms with E-state index in [1.54, 1.807) is 12.1 Å². The van der Waals surface area contributed by atoms with Crippen LogP contribution < -0.4 is 0 Å². The molecular formula is C21H20FN3O2S. The number of ether oxygens (including phenoxy) is 1. The molecular weight excluding hydrogens is 377 g/mol. The Morgan fingerprint density at radius 2 is 1.93 bits per heavy atom. The van der Waals surface area contributed by atoms with Gasteiger partial charge in [0.25, 0.3) is 0 Å². The molecule has 5 nitrogen and oxygen atoms in total. The van der Waals surface area contributed by atoms with Gasteiger partial charge in [-0.2, -0.15) is 0 Å². The van der Waals surface area contributed by atoms with E-state index in [-0.39, 0.29) is 17.8 Å². The van der Waals surface area contributed by atoms with Crippen molar-refractivity contribution < 1.29 is 13.9 Å². The van der Waals surface area contributed by atoms with E-state index in [0.717, 1.165) is 21.4 Å². The summed E-state index contributed by atoms with van der Waals surface area (Å²) in [6.45, 7) is 3.79. The molecule has 2 aromatic carbocycles. The lowest BCUT2D eigenvalue weighted by Crippen LogP contribution is -2.45. The summed E-state index contributed by atoms with van der Waals surface area (Å²) < 4.78 is 18.7. The molecule has 1 aliphatic rings. The van der Waals surface area contributed by atoms with Crippen LogP contribution in [0.1, 0.15) is 6.92 Å². The third-order valence-corrected chi connectivity index (χ3v) is 5.66. The van der Waals surface area contributed by atoms with Crippen molar-refractivity contribution in [2.24, 2.45) is 0 Å². The van der Waals surface area contributed by atoms with Crippen molar-refractivity contribution >= 4 is 28.4 Å². The first-order valence-electron chi connectivity index (χ1n) is 9.15. The molecule has 2 heterocycles. The molecule has 28 heavy (non-hydrogen) atoms. The predicted octanol–water partition coefficient (Wildman–Crippen LogP) is 3.78. The molecule has 0 saturated carbocycles. The molecule has 0 N–H and O–H groups in total. The minimum absolute atomic E-state index is 0.0679. The Morgan fingerprint density at radius 1 is 1.18 bits per heavy atom. The van der Waals surface area contributed by atoms with Crippen LogP contribution in [0.15, 0.2) is 53.6 Å². The highest BCUT2D eigenvalue weighted by Gasteiger charge is 2.22. The minimum Gasteiger partial charge on any atom is -0.375 e. The number of hydrogen-bond donors (Lipinski definition) is 0. The van der Waals surface area contributed by atoms with Gasteiger partial charge in [0.2, 0.25) is 5.91 Å². The predicted molar refractivity (Wildman–Crippen MR) is 108 cm³/mol. The van der Waals surface area contributed by atoms with E-state index in [1.807, 2.05) is 36.1 Å². The Balaban J connectivity index is 1.58. The van der Waals surface area contributed by atoms with Crippen molar-refractivity contribution in [3.63, 3.8) is 0 Å². The Bertz CT molecular complexity index is 997. The van der Waals surface area contributed by atoms with Gasteiger partial charge in [-0.05, 0) is 31.2 Å². The van der Waals surface area contributed by atoms with E-state index in [0.29, 0.717) is 31.1 Å². The summed E-state index contributed by atoms with van der Waals surface area (Å²) in [7, 11) is 0. The van der Waals surface area contributed by atoms with Crippen molar-refractivity contribution in [2.75, 3.05) is 25.4 Å². The number of aromatic nitrogens is 2. The summed E-state index contributed by atoms with van der Waals surface area (Å²) in [5.74, 6) is 0.0964. The van der Waals surface area contributed by atoms with Crippen LogP contribution in [0.4, 0.5) is 4.39 Å². The topological polar surface area (TPSA) is 55.3 Å². The van der Waals surface area contributed by atoms with Crippen LogP contribution in [0, 0.1) is 5.82 Å². The normalized spacial score (nSPS) is 17.1. The van der Waals surface area contributed by atoms with Crippen LogP contribution in [-0.4, -0.2) is 52.6 Å². The molecule has 1 saturated heterocycles. The number of fused-ring (bicyclic) bond motifs is 1. The van der Waals surface area contributed by atoms with E-state index < -0.39 is 0 Å². The zero-order valence-corrected chi connectivity index (χ0v) is 16.3. The monoisotopic (exact) mass is 397 g/mol. The zero-order valence-electron chi connectivity index (χ0n) is 15.5. The summed E-state index contributed by atoms with van der Waals surface area (Å²) in [5, 5.41) is 11.3. The van der Waals surface area contributed by atoms with Crippen molar-refractivity contribution in [3.8, 4) is 11.3 Å². The number of hydrogen-bond acceptors (Lipinski definition) is 5. The fourth-order valence-corrected chi connectivity index (χ4v) is 4.15. The van der Waals surface area contributed by atoms with Gasteiger partial charge in [0.05, 0.1) is 18.5 Å². The Morgan fingerprint density at radius 3 is 2.68 bits per heavy atom. The number of rotatable bonds is 4. The average molecular weight is 397 g/mol. The number of halogens is 1. The summed E-state index contributed by atoms with van der Waals surface area (Å²) in [6, 6.07) is 14.0. The van der Waals surface area contributed by atoms with Crippen molar-refractivity contribution in [1.82, 2.24) is 15.1 Å². The molecule has 1 aliphatic heterocycles. The van der Waals surface area contributed by atoms with Crippen LogP contribution in [0.2, 0.25) is 0 Å². The molecule has 4 rings (SSSR count). The first-order chi connectivity index (χ1) is 13.6. The first kappa shape index (κ1) is 18.8. The van der Waals surface area contributed by atoms with E-state index in [9.17, 15) is 9.18 Å². The highest BCUT2D eigenvalue weighted by molar-refractivity contribution is 8.00. The molecule has 3 aromatic rings. The van der Waals surface area contributed by atoms with Crippen LogP contribution in [0.25, 0.3) is 22.0 Å². The lowest BCUT2D eigenvalue weighted by atomic mass is 10.1. The number of carbonyl (C=O) groups is 1. The second-order valence-corrected chi connectivity index (χ2v) is 7.68. The van der Waals surface area contributed by atoms with Crippen molar-refractivity contribution in [3.05, 3.63) is 54.3 Å². The highest BCUT2D eigenvalue weighted by Crippen LogP contribution is 2.31. The van der Waals surface area contributed by atoms with Gasteiger partial charge < -0.3 is 9.64 Å². The van der Waals surface area contributed by atoms with E-state index in [2.05, 4.69) is 10.2 Å². The second kappa shape index (κ2) is 8.24. The Hall–Kier alpha value is -2.51. The molecule has 0 bridgehead atoms. The number of carbonyl (C=O) groups excluding carboxylic acids is 1. The summed E-state index contributed by atoms with van der Waals surface area (Å²) in [4.78, 5) is 14.4. The van der Waals surface area contributed by atoms with Gasteiger partial charge >= 0.3 is 0 Å². The van der Waals surface area contributed by atoms with Gasteiger partial charge in [-0.1, -0.05) is 36.0 Å². The second-order valence-electron chi connectivity index (χ2n) is 6.72. The molecule has 144 valence electrons. The van der Waals surface area contributed by atoms with Crippen LogP contribution in [0.5, 0.6) is 0 Å². The van der Waals surface area contributed by atoms with E-state index in [4.69, 9.17) is 4.74 Å². The first-order valence-corrected chi connectivity index (χ1v) is 10.1. The van der Waals surface area contributed by atoms with Crippen LogP contribution in [0.3, 0.4) is 0 Å². The number of nitrogens with zero attached hydrogens (tertiary/aromatic N) is 3. The quantitative estimate of drug-likeness (QED) is 0.627. The number of thioether (sulfide) groups is 1. The Kier molecular flexibility index (Phi) is 5.54. The maximum Gasteiger partial charge on any atom is 0.233 e. The van der Waals surface area contributed by atoms with E-state index in [1.165, 1.54) is 23.9 Å². The number of benzene rings is 2. The maximum atomic E-state index is 13.3. The smallest absolute Gasteiger partial charge is 0.233 e.